The van der Waals surface area contributed by atoms with Crippen molar-refractivity contribution >= 4 is 40.3 Å². The highest BCUT2D eigenvalue weighted by atomic mass is 32.2. The molecule has 1 saturated heterocycles. The first-order chi connectivity index (χ1) is 14.4. The van der Waals surface area contributed by atoms with Gasteiger partial charge in [-0.2, -0.15) is 0 Å². The Balaban J connectivity index is 1.57. The fourth-order valence-corrected chi connectivity index (χ4v) is 3.75. The number of nitro benzene ring substituents is 1. The number of non-ortho nitro benzene ring substituents is 1. The molecule has 8 heteroatoms. The molecule has 1 aromatic heterocycles. The van der Waals surface area contributed by atoms with E-state index in [0.717, 1.165) is 16.8 Å². The highest BCUT2D eigenvalue weighted by Gasteiger charge is 2.24. The number of rotatable bonds is 4. The molecule has 1 N–H and O–H groups in total. The number of nitro groups is 1. The number of carbonyl (C=O) groups excluding carboxylic acids is 1. The van der Waals surface area contributed by atoms with E-state index in [1.54, 1.807) is 30.3 Å². The van der Waals surface area contributed by atoms with Gasteiger partial charge in [-0.05, 0) is 54.9 Å². The Hall–Kier alpha value is -3.65. The van der Waals surface area contributed by atoms with E-state index in [1.165, 1.54) is 23.9 Å². The van der Waals surface area contributed by atoms with E-state index in [4.69, 9.17) is 4.42 Å². The van der Waals surface area contributed by atoms with Crippen molar-refractivity contribution in [1.29, 1.82) is 0 Å². The molecule has 0 saturated carbocycles. The van der Waals surface area contributed by atoms with Crippen molar-refractivity contribution in [3.63, 3.8) is 0 Å². The summed E-state index contributed by atoms with van der Waals surface area (Å²) in [7, 11) is 0. The fourth-order valence-electron chi connectivity index (χ4n) is 2.93. The molecule has 150 valence electrons. The number of aryl methyl sites for hydroxylation is 1. The normalized spacial score (nSPS) is 16.3. The molecular formula is C22H17N3O4S. The number of thioether (sulfide) groups is 1. The molecule has 4 rings (SSSR count). The lowest BCUT2D eigenvalue weighted by molar-refractivity contribution is -0.384. The second-order valence-electron chi connectivity index (χ2n) is 6.71. The Bertz CT molecular complexity index is 1230. The smallest absolute Gasteiger partial charge is 0.270 e. The average molecular weight is 419 g/mol. The number of aliphatic imine (C=N–C) groups is 1. The second kappa shape index (κ2) is 8.00. The maximum Gasteiger partial charge on any atom is 0.270 e. The molecule has 0 radical (unpaired) electrons. The first kappa shape index (κ1) is 19.7. The largest absolute Gasteiger partial charge is 0.457 e. The van der Waals surface area contributed by atoms with Crippen molar-refractivity contribution in [2.45, 2.75) is 13.8 Å². The molecule has 0 atom stereocenters. The highest BCUT2D eigenvalue weighted by Crippen LogP contribution is 2.31. The van der Waals surface area contributed by atoms with E-state index in [9.17, 15) is 14.9 Å². The number of nitrogens with one attached hydrogen (secondary N) is 1. The third kappa shape index (κ3) is 4.04. The van der Waals surface area contributed by atoms with Gasteiger partial charge in [0.25, 0.3) is 11.6 Å². The van der Waals surface area contributed by atoms with Crippen molar-refractivity contribution < 1.29 is 14.1 Å². The van der Waals surface area contributed by atoms with Crippen LogP contribution in [0.4, 0.5) is 11.4 Å². The number of hydrogen-bond donors (Lipinski definition) is 1. The van der Waals surface area contributed by atoms with Gasteiger partial charge in [-0.25, -0.2) is 4.99 Å². The summed E-state index contributed by atoms with van der Waals surface area (Å²) < 4.78 is 5.77. The van der Waals surface area contributed by atoms with Crippen molar-refractivity contribution in [2.24, 2.45) is 4.99 Å². The summed E-state index contributed by atoms with van der Waals surface area (Å²) in [5, 5.41) is 14.2. The summed E-state index contributed by atoms with van der Waals surface area (Å²) in [6.07, 6.45) is 1.63. The number of furan rings is 1. The van der Waals surface area contributed by atoms with Crippen LogP contribution in [0, 0.1) is 24.0 Å². The van der Waals surface area contributed by atoms with E-state index in [2.05, 4.69) is 10.3 Å². The van der Waals surface area contributed by atoms with Crippen LogP contribution >= 0.6 is 11.8 Å². The molecule has 0 unspecified atom stereocenters. The number of nitrogens with zero attached hydrogens (tertiary/aromatic N) is 2. The molecule has 0 bridgehead atoms. The molecule has 2 aromatic carbocycles. The van der Waals surface area contributed by atoms with Crippen molar-refractivity contribution in [3.05, 3.63) is 86.5 Å². The van der Waals surface area contributed by atoms with Gasteiger partial charge < -0.3 is 9.73 Å². The SMILES string of the molecule is Cc1cccc(N=C2NC(=O)/C(=C\c3ccc(-c4cccc([N+](=O)[O-])c4)o3)S2)c1C. The van der Waals surface area contributed by atoms with Crippen LogP contribution in [0.2, 0.25) is 0 Å². The van der Waals surface area contributed by atoms with Gasteiger partial charge in [0, 0.05) is 23.8 Å². The second-order valence-corrected chi connectivity index (χ2v) is 7.74. The summed E-state index contributed by atoms with van der Waals surface area (Å²) in [4.78, 5) is 27.9. The number of amides is 1. The van der Waals surface area contributed by atoms with Crippen molar-refractivity contribution in [2.75, 3.05) is 0 Å². The molecule has 1 aliphatic heterocycles. The fraction of sp³-hybridized carbons (Fsp3) is 0.0909. The summed E-state index contributed by atoms with van der Waals surface area (Å²) in [5.74, 6) is 0.706. The minimum absolute atomic E-state index is 0.0122. The molecule has 7 nitrogen and oxygen atoms in total. The van der Waals surface area contributed by atoms with Crippen LogP contribution in [-0.4, -0.2) is 16.0 Å². The Labute approximate surface area is 176 Å². The van der Waals surface area contributed by atoms with Crippen LogP contribution in [0.1, 0.15) is 16.9 Å². The van der Waals surface area contributed by atoms with Gasteiger partial charge in [0.05, 0.1) is 15.5 Å². The van der Waals surface area contributed by atoms with Crippen LogP contribution in [0.25, 0.3) is 17.4 Å². The maximum absolute atomic E-state index is 12.3. The molecule has 1 amide bonds. The van der Waals surface area contributed by atoms with Crippen LogP contribution in [0.3, 0.4) is 0 Å². The van der Waals surface area contributed by atoms with Crippen LogP contribution in [0.15, 0.2) is 68.9 Å². The third-order valence-electron chi connectivity index (χ3n) is 4.69. The minimum atomic E-state index is -0.453. The first-order valence-corrected chi connectivity index (χ1v) is 9.93. The number of carbonyl (C=O) groups is 1. The van der Waals surface area contributed by atoms with Gasteiger partial charge in [0.15, 0.2) is 5.17 Å². The quantitative estimate of drug-likeness (QED) is 0.349. The van der Waals surface area contributed by atoms with Crippen molar-refractivity contribution in [3.8, 4) is 11.3 Å². The monoisotopic (exact) mass is 419 g/mol. The van der Waals surface area contributed by atoms with Crippen LogP contribution in [-0.2, 0) is 4.79 Å². The molecule has 1 aliphatic rings. The Morgan fingerprint density at radius 1 is 1.13 bits per heavy atom. The molecular weight excluding hydrogens is 402 g/mol. The summed E-state index contributed by atoms with van der Waals surface area (Å²) >= 11 is 1.24. The van der Waals surface area contributed by atoms with Crippen LogP contribution in [0.5, 0.6) is 0 Å². The van der Waals surface area contributed by atoms with Crippen molar-refractivity contribution in [1.82, 2.24) is 5.32 Å². The zero-order chi connectivity index (χ0) is 21.3. The number of amidine groups is 1. The minimum Gasteiger partial charge on any atom is -0.457 e. The molecule has 0 aliphatic carbocycles. The van der Waals surface area contributed by atoms with E-state index in [-0.39, 0.29) is 11.6 Å². The zero-order valence-corrected chi connectivity index (χ0v) is 17.0. The average Bonchev–Trinajstić information content (AvgIpc) is 3.32. The zero-order valence-electron chi connectivity index (χ0n) is 16.2. The Kier molecular flexibility index (Phi) is 5.24. The lowest BCUT2D eigenvalue weighted by Gasteiger charge is -2.04. The molecule has 1 fully saturated rings. The van der Waals surface area contributed by atoms with E-state index >= 15 is 0 Å². The van der Waals surface area contributed by atoms with Crippen LogP contribution < -0.4 is 5.32 Å². The molecule has 0 spiro atoms. The lowest BCUT2D eigenvalue weighted by Crippen LogP contribution is -2.19. The van der Waals surface area contributed by atoms with Gasteiger partial charge in [-0.3, -0.25) is 14.9 Å². The Morgan fingerprint density at radius 3 is 2.73 bits per heavy atom. The van der Waals surface area contributed by atoms with Gasteiger partial charge in [0.2, 0.25) is 0 Å². The summed E-state index contributed by atoms with van der Waals surface area (Å²) in [6, 6.07) is 15.5. The standard InChI is InChI=1S/C22H17N3O4S/c1-13-5-3-8-18(14(13)2)23-22-24-21(26)20(30-22)12-17-9-10-19(29-17)15-6-4-7-16(11-15)25(27)28/h3-12H,1-2H3,(H,23,24,26)/b20-12+. The van der Waals surface area contributed by atoms with Gasteiger partial charge in [-0.1, -0.05) is 24.3 Å². The van der Waals surface area contributed by atoms with E-state index in [1.807, 2.05) is 32.0 Å². The number of benzene rings is 2. The van der Waals surface area contributed by atoms with Gasteiger partial charge >= 0.3 is 0 Å². The predicted octanol–water partition coefficient (Wildman–Crippen LogP) is 5.36. The maximum atomic E-state index is 12.3. The molecule has 2 heterocycles. The summed E-state index contributed by atoms with van der Waals surface area (Å²) in [6.45, 7) is 4.01. The predicted molar refractivity (Wildman–Crippen MR) is 118 cm³/mol. The van der Waals surface area contributed by atoms with Gasteiger partial charge in [-0.15, -0.1) is 0 Å². The highest BCUT2D eigenvalue weighted by molar-refractivity contribution is 8.18. The third-order valence-corrected chi connectivity index (χ3v) is 5.60. The topological polar surface area (TPSA) is 97.7 Å². The van der Waals surface area contributed by atoms with E-state index < -0.39 is 4.92 Å². The number of hydrogen-bond acceptors (Lipinski definition) is 6. The Morgan fingerprint density at radius 2 is 1.93 bits per heavy atom. The lowest BCUT2D eigenvalue weighted by atomic mass is 10.1. The molecule has 30 heavy (non-hydrogen) atoms. The van der Waals surface area contributed by atoms with E-state index in [0.29, 0.717) is 27.2 Å². The first-order valence-electron chi connectivity index (χ1n) is 9.11. The molecule has 3 aromatic rings. The van der Waals surface area contributed by atoms with Gasteiger partial charge in [0.1, 0.15) is 11.5 Å². The summed E-state index contributed by atoms with van der Waals surface area (Å²) in [5.41, 5.74) is 3.58.